The molecule has 0 unspecified atom stereocenters. The molecule has 9 heteroatoms. The van der Waals surface area contributed by atoms with Gasteiger partial charge in [0.05, 0.1) is 19.8 Å². The highest BCUT2D eigenvalue weighted by Gasteiger charge is 2.23. The van der Waals surface area contributed by atoms with Crippen LogP contribution in [0.3, 0.4) is 0 Å². The van der Waals surface area contributed by atoms with E-state index in [2.05, 4.69) is 9.46 Å². The number of rotatable bonds is 6. The molecule has 0 aromatic heterocycles. The summed E-state index contributed by atoms with van der Waals surface area (Å²) in [5.74, 6) is -0.520. The Morgan fingerprint density at radius 3 is 2.36 bits per heavy atom. The van der Waals surface area contributed by atoms with Gasteiger partial charge in [-0.1, -0.05) is 0 Å². The van der Waals surface area contributed by atoms with Crippen molar-refractivity contribution in [3.8, 4) is 5.75 Å². The number of ether oxygens (including phenoxy) is 2. The molecule has 0 radical (unpaired) electrons. The average Bonchev–Trinajstić information content (AvgIpc) is 2.43. The Hall–Kier alpha value is -1.35. The average molecular weight is 353 g/mol. The number of sulfonamides is 1. The third-order valence-electron chi connectivity index (χ3n) is 2.59. The Kier molecular flexibility index (Phi) is 7.30. The van der Waals surface area contributed by atoms with Gasteiger partial charge in [-0.3, -0.25) is 0 Å². The molecule has 0 aliphatic heterocycles. The maximum atomic E-state index is 12.2. The van der Waals surface area contributed by atoms with E-state index in [0.29, 0.717) is 0 Å². The molecule has 1 aromatic rings. The van der Waals surface area contributed by atoms with Gasteiger partial charge in [-0.05, 0) is 32.0 Å². The smallest absolute Gasteiger partial charge is 0.337 e. The van der Waals surface area contributed by atoms with Crippen LogP contribution in [0.25, 0.3) is 0 Å². The minimum absolute atomic E-state index is 0. The van der Waals surface area contributed by atoms with Crippen molar-refractivity contribution in [1.82, 2.24) is 4.72 Å². The van der Waals surface area contributed by atoms with Gasteiger partial charge in [0.15, 0.2) is 0 Å². The van der Waals surface area contributed by atoms with Crippen LogP contribution >= 0.6 is 12.4 Å². The zero-order chi connectivity index (χ0) is 16.3. The number of nitrogens with two attached hydrogens (primary N) is 1. The van der Waals surface area contributed by atoms with E-state index in [4.69, 9.17) is 10.5 Å². The highest BCUT2D eigenvalue weighted by atomic mass is 35.5. The van der Waals surface area contributed by atoms with E-state index in [1.165, 1.54) is 32.4 Å². The lowest BCUT2D eigenvalue weighted by Crippen LogP contribution is -2.45. The highest BCUT2D eigenvalue weighted by molar-refractivity contribution is 7.89. The fourth-order valence-electron chi connectivity index (χ4n) is 1.49. The van der Waals surface area contributed by atoms with Crippen molar-refractivity contribution in [2.45, 2.75) is 24.3 Å². The number of halogens is 1. The highest BCUT2D eigenvalue weighted by Crippen LogP contribution is 2.25. The van der Waals surface area contributed by atoms with E-state index in [9.17, 15) is 13.2 Å². The molecule has 0 spiro atoms. The van der Waals surface area contributed by atoms with E-state index in [1.54, 1.807) is 13.8 Å². The predicted octanol–water partition coefficient (Wildman–Crippen LogP) is 0.919. The first-order valence-electron chi connectivity index (χ1n) is 6.15. The monoisotopic (exact) mass is 352 g/mol. The minimum Gasteiger partial charge on any atom is -0.495 e. The fraction of sp³-hybridized carbons (Fsp3) is 0.462. The third-order valence-corrected chi connectivity index (χ3v) is 4.03. The van der Waals surface area contributed by atoms with Crippen LogP contribution in [0.2, 0.25) is 0 Å². The normalized spacial score (nSPS) is 11.5. The van der Waals surface area contributed by atoms with E-state index in [0.717, 1.165) is 0 Å². The molecular formula is C13H21ClN2O5S. The quantitative estimate of drug-likeness (QED) is 0.737. The zero-order valence-corrected chi connectivity index (χ0v) is 14.5. The molecule has 0 saturated carbocycles. The van der Waals surface area contributed by atoms with Crippen molar-refractivity contribution in [3.05, 3.63) is 23.8 Å². The van der Waals surface area contributed by atoms with Crippen LogP contribution in [0.5, 0.6) is 5.75 Å². The van der Waals surface area contributed by atoms with Crippen LogP contribution in [-0.4, -0.2) is 40.7 Å². The Morgan fingerprint density at radius 2 is 1.91 bits per heavy atom. The number of hydrogen-bond acceptors (Lipinski definition) is 6. The zero-order valence-electron chi connectivity index (χ0n) is 12.9. The molecule has 0 bridgehead atoms. The van der Waals surface area contributed by atoms with Crippen molar-refractivity contribution in [2.75, 3.05) is 20.8 Å². The Balaban J connectivity index is 0.00000441. The first kappa shape index (κ1) is 20.6. The summed E-state index contributed by atoms with van der Waals surface area (Å²) in [6.45, 7) is 3.47. The molecule has 0 aliphatic rings. The molecule has 7 nitrogen and oxygen atoms in total. The van der Waals surface area contributed by atoms with Gasteiger partial charge in [0.2, 0.25) is 10.0 Å². The summed E-state index contributed by atoms with van der Waals surface area (Å²) in [6.07, 6.45) is 0. The van der Waals surface area contributed by atoms with Gasteiger partial charge in [-0.25, -0.2) is 17.9 Å². The molecular weight excluding hydrogens is 332 g/mol. The molecule has 0 fully saturated rings. The first-order valence-corrected chi connectivity index (χ1v) is 7.64. The molecule has 0 atom stereocenters. The van der Waals surface area contributed by atoms with E-state index >= 15 is 0 Å². The molecule has 0 amide bonds. The molecule has 1 aromatic carbocycles. The molecule has 3 N–H and O–H groups in total. The molecule has 0 saturated heterocycles. The lowest BCUT2D eigenvalue weighted by Gasteiger charge is -2.19. The number of esters is 1. The summed E-state index contributed by atoms with van der Waals surface area (Å²) in [5.41, 5.74) is 5.27. The number of hydrogen-bond donors (Lipinski definition) is 2. The predicted molar refractivity (Wildman–Crippen MR) is 85.0 cm³/mol. The van der Waals surface area contributed by atoms with Crippen molar-refractivity contribution in [2.24, 2.45) is 5.73 Å². The van der Waals surface area contributed by atoms with Crippen molar-refractivity contribution < 1.29 is 22.7 Å². The molecule has 1 rings (SSSR count). The molecule has 126 valence electrons. The second-order valence-electron chi connectivity index (χ2n) is 5.17. The van der Waals surface area contributed by atoms with Gasteiger partial charge >= 0.3 is 5.97 Å². The third kappa shape index (κ3) is 5.45. The summed E-state index contributed by atoms with van der Waals surface area (Å²) < 4.78 is 36.5. The Bertz CT molecular complexity index is 626. The van der Waals surface area contributed by atoms with Crippen molar-refractivity contribution in [3.63, 3.8) is 0 Å². The Morgan fingerprint density at radius 1 is 1.32 bits per heavy atom. The van der Waals surface area contributed by atoms with Gasteiger partial charge in [0.1, 0.15) is 10.6 Å². The summed E-state index contributed by atoms with van der Waals surface area (Å²) >= 11 is 0. The summed E-state index contributed by atoms with van der Waals surface area (Å²) in [4.78, 5) is 11.4. The number of methoxy groups -OCH3 is 2. The molecule has 0 heterocycles. The van der Waals surface area contributed by atoms with E-state index < -0.39 is 21.5 Å². The second kappa shape index (κ2) is 7.77. The minimum atomic E-state index is -3.79. The van der Waals surface area contributed by atoms with Crippen LogP contribution in [0.15, 0.2) is 23.1 Å². The maximum absolute atomic E-state index is 12.2. The van der Waals surface area contributed by atoms with E-state index in [1.807, 2.05) is 0 Å². The molecule has 22 heavy (non-hydrogen) atoms. The summed E-state index contributed by atoms with van der Waals surface area (Å²) in [5, 5.41) is 0. The van der Waals surface area contributed by atoms with Gasteiger partial charge < -0.3 is 15.2 Å². The lowest BCUT2D eigenvalue weighted by atomic mass is 10.1. The SMILES string of the molecule is COC(=O)c1ccc(S(=O)(=O)NCC(C)(C)N)c(OC)c1.Cl. The standard InChI is InChI=1S/C13H20N2O5S.ClH/c1-13(2,14)8-15-21(17,18)11-6-5-9(12(16)20-4)7-10(11)19-3;/h5-7,15H,8,14H2,1-4H3;1H. The summed E-state index contributed by atoms with van der Waals surface area (Å²) in [6, 6.07) is 3.96. The van der Waals surface area contributed by atoms with E-state index in [-0.39, 0.29) is 35.2 Å². The van der Waals surface area contributed by atoms with Gasteiger partial charge in [0.25, 0.3) is 0 Å². The van der Waals surface area contributed by atoms with Crippen LogP contribution < -0.4 is 15.2 Å². The van der Waals surface area contributed by atoms with Crippen LogP contribution in [-0.2, 0) is 14.8 Å². The van der Waals surface area contributed by atoms with Crippen molar-refractivity contribution >= 4 is 28.4 Å². The number of nitrogens with one attached hydrogen (secondary N) is 1. The fourth-order valence-corrected chi connectivity index (χ4v) is 2.87. The number of benzene rings is 1. The van der Waals surface area contributed by atoms with Crippen LogP contribution in [0.1, 0.15) is 24.2 Å². The van der Waals surface area contributed by atoms with Crippen LogP contribution in [0, 0.1) is 0 Å². The number of carbonyl (C=O) groups excluding carboxylic acids is 1. The first-order chi connectivity index (χ1) is 9.60. The molecule has 0 aliphatic carbocycles. The van der Waals surface area contributed by atoms with Gasteiger partial charge in [0, 0.05) is 12.1 Å². The number of carbonyl (C=O) groups is 1. The topological polar surface area (TPSA) is 108 Å². The van der Waals surface area contributed by atoms with Gasteiger partial charge in [-0.15, -0.1) is 12.4 Å². The second-order valence-corrected chi connectivity index (χ2v) is 6.91. The lowest BCUT2D eigenvalue weighted by molar-refractivity contribution is 0.0600. The largest absolute Gasteiger partial charge is 0.495 e. The van der Waals surface area contributed by atoms with Gasteiger partial charge in [-0.2, -0.15) is 0 Å². The van der Waals surface area contributed by atoms with Crippen molar-refractivity contribution in [1.29, 1.82) is 0 Å². The van der Waals surface area contributed by atoms with Crippen LogP contribution in [0.4, 0.5) is 0 Å². The summed E-state index contributed by atoms with van der Waals surface area (Å²) in [7, 11) is -1.23. The Labute approximate surface area is 136 Å². The maximum Gasteiger partial charge on any atom is 0.337 e.